The molecule has 0 N–H and O–H groups in total. The first-order valence-electron chi connectivity index (χ1n) is 14.2. The van der Waals surface area contributed by atoms with Gasteiger partial charge in [-0.05, 0) is 97.0 Å². The average molecular weight is 519 g/mol. The van der Waals surface area contributed by atoms with Gasteiger partial charge in [-0.25, -0.2) is 0 Å². The number of benzene rings is 2. The van der Waals surface area contributed by atoms with E-state index < -0.39 is 36.6 Å². The van der Waals surface area contributed by atoms with E-state index in [1.54, 1.807) is 0 Å². The minimum atomic E-state index is -0.440. The quantitative estimate of drug-likeness (QED) is 0.325. The zero-order valence-corrected chi connectivity index (χ0v) is 24.6. The minimum Gasteiger partial charge on any atom is -0.453 e. The molecule has 3 heterocycles. The van der Waals surface area contributed by atoms with Crippen LogP contribution in [0, 0.1) is 0 Å². The Hall–Kier alpha value is -1.99. The summed E-state index contributed by atoms with van der Waals surface area (Å²) in [5.41, 5.74) is 2.45. The molecule has 0 bridgehead atoms. The highest BCUT2D eigenvalue weighted by molar-refractivity contribution is 6.62. The molecule has 204 valence electrons. The fraction of sp³-hybridized carbons (Fsp3) is 0.600. The van der Waals surface area contributed by atoms with Gasteiger partial charge in [0.25, 0.3) is 0 Å². The van der Waals surface area contributed by atoms with Crippen LogP contribution < -0.4 is 20.6 Å². The van der Waals surface area contributed by atoms with Gasteiger partial charge in [0.15, 0.2) is 11.5 Å². The average Bonchev–Trinajstić information content (AvgIpc) is 3.19. The smallest absolute Gasteiger partial charge is 0.453 e. The van der Waals surface area contributed by atoms with E-state index in [4.69, 9.17) is 23.4 Å². The number of hydrogen-bond donors (Lipinski definition) is 0. The van der Waals surface area contributed by atoms with Crippen LogP contribution in [0.5, 0.6) is 11.5 Å². The van der Waals surface area contributed by atoms with Crippen LogP contribution in [0.1, 0.15) is 88.0 Å². The first-order chi connectivity index (χ1) is 17.7. The molecule has 0 aromatic heterocycles. The number of anilines is 2. The predicted octanol–water partition coefficient (Wildman–Crippen LogP) is 6.11. The fourth-order valence-corrected chi connectivity index (χ4v) is 5.11. The summed E-state index contributed by atoms with van der Waals surface area (Å²) in [6.45, 7) is 19.8. The van der Waals surface area contributed by atoms with Gasteiger partial charge in [0.2, 0.25) is 0 Å². The van der Waals surface area contributed by atoms with Gasteiger partial charge in [-0.2, -0.15) is 0 Å². The van der Waals surface area contributed by atoms with Crippen molar-refractivity contribution in [2.75, 3.05) is 11.4 Å². The number of ether oxygens (including phenoxy) is 1. The Morgan fingerprint density at radius 2 is 1.03 bits per heavy atom. The standard InChI is InChI=1S/C30H43B2NO5/c1-10-11-12-13-18-33-23-16-14-21(31-35-27(2,3)28(4,5)36-31)19-25(23)34-26-20-22(15-17-24(26)33)32-37-29(6,7)30(8,9)38-32/h14-17,19-20H,10-13,18H2,1-9H3. The third-order valence-electron chi connectivity index (χ3n) is 9.06. The van der Waals surface area contributed by atoms with Crippen LogP contribution in [-0.2, 0) is 18.6 Å². The molecule has 2 fully saturated rings. The van der Waals surface area contributed by atoms with Crippen molar-refractivity contribution in [3.05, 3.63) is 36.4 Å². The topological polar surface area (TPSA) is 49.4 Å². The van der Waals surface area contributed by atoms with E-state index >= 15 is 0 Å². The Kier molecular flexibility index (Phi) is 6.95. The maximum absolute atomic E-state index is 6.58. The number of fused-ring (bicyclic) bond motifs is 2. The molecule has 3 aliphatic heterocycles. The molecule has 2 aromatic carbocycles. The van der Waals surface area contributed by atoms with E-state index in [9.17, 15) is 0 Å². The lowest BCUT2D eigenvalue weighted by atomic mass is 9.78. The third-order valence-corrected chi connectivity index (χ3v) is 9.06. The van der Waals surface area contributed by atoms with E-state index in [0.29, 0.717) is 0 Å². The lowest BCUT2D eigenvalue weighted by Crippen LogP contribution is -2.41. The molecule has 0 amide bonds. The van der Waals surface area contributed by atoms with E-state index in [-0.39, 0.29) is 0 Å². The Morgan fingerprint density at radius 1 is 0.605 bits per heavy atom. The lowest BCUT2D eigenvalue weighted by Gasteiger charge is -2.33. The second kappa shape index (κ2) is 9.58. The fourth-order valence-electron chi connectivity index (χ4n) is 5.11. The van der Waals surface area contributed by atoms with Crippen LogP contribution in [0.15, 0.2) is 36.4 Å². The van der Waals surface area contributed by atoms with Gasteiger partial charge in [0.05, 0.1) is 33.8 Å². The largest absolute Gasteiger partial charge is 0.494 e. The van der Waals surface area contributed by atoms with Gasteiger partial charge in [-0.15, -0.1) is 0 Å². The molecular weight excluding hydrogens is 476 g/mol. The normalized spacial score (nSPS) is 22.3. The van der Waals surface area contributed by atoms with Crippen LogP contribution in [0.2, 0.25) is 0 Å². The molecule has 0 atom stereocenters. The summed E-state index contributed by atoms with van der Waals surface area (Å²) in [5.74, 6) is 1.62. The Balaban J connectivity index is 1.47. The monoisotopic (exact) mass is 519 g/mol. The Morgan fingerprint density at radius 3 is 1.42 bits per heavy atom. The molecule has 0 spiro atoms. The summed E-state index contributed by atoms with van der Waals surface area (Å²) in [5, 5.41) is 0. The highest BCUT2D eigenvalue weighted by atomic mass is 16.7. The van der Waals surface area contributed by atoms with Gasteiger partial charge < -0.3 is 28.3 Å². The van der Waals surface area contributed by atoms with Crippen molar-refractivity contribution in [2.45, 2.75) is 110 Å². The first-order valence-corrected chi connectivity index (χ1v) is 14.2. The maximum atomic E-state index is 6.58. The molecule has 0 unspecified atom stereocenters. The number of unbranched alkanes of at least 4 members (excludes halogenated alkanes) is 3. The Bertz CT molecular complexity index is 1080. The molecule has 5 rings (SSSR count). The number of nitrogens with zero attached hydrogens (tertiary/aromatic N) is 1. The molecule has 0 aliphatic carbocycles. The second-order valence-electron chi connectivity index (χ2n) is 12.9. The van der Waals surface area contributed by atoms with Crippen LogP contribution in [0.25, 0.3) is 0 Å². The summed E-state index contributed by atoms with van der Waals surface area (Å²) < 4.78 is 31.9. The highest BCUT2D eigenvalue weighted by Gasteiger charge is 2.53. The van der Waals surface area contributed by atoms with Crippen molar-refractivity contribution < 1.29 is 23.4 Å². The van der Waals surface area contributed by atoms with Gasteiger partial charge >= 0.3 is 14.2 Å². The molecular formula is C30H43B2NO5. The Labute approximate surface area is 229 Å². The molecule has 0 saturated carbocycles. The summed E-state index contributed by atoms with van der Waals surface area (Å²) in [6.07, 6.45) is 4.78. The van der Waals surface area contributed by atoms with E-state index in [2.05, 4.69) is 104 Å². The van der Waals surface area contributed by atoms with Crippen LogP contribution in [0.3, 0.4) is 0 Å². The number of rotatable bonds is 7. The summed E-state index contributed by atoms with van der Waals surface area (Å²) in [6, 6.07) is 12.6. The van der Waals surface area contributed by atoms with Gasteiger partial charge in [-0.3, -0.25) is 0 Å². The van der Waals surface area contributed by atoms with Crippen LogP contribution in [0.4, 0.5) is 11.4 Å². The van der Waals surface area contributed by atoms with E-state index in [0.717, 1.165) is 46.8 Å². The zero-order chi connectivity index (χ0) is 27.5. The van der Waals surface area contributed by atoms with Crippen molar-refractivity contribution >= 4 is 36.5 Å². The van der Waals surface area contributed by atoms with Gasteiger partial charge in [-0.1, -0.05) is 38.3 Å². The lowest BCUT2D eigenvalue weighted by molar-refractivity contribution is 0.00578. The van der Waals surface area contributed by atoms with Crippen molar-refractivity contribution in [1.29, 1.82) is 0 Å². The second-order valence-corrected chi connectivity index (χ2v) is 12.9. The molecule has 0 radical (unpaired) electrons. The van der Waals surface area contributed by atoms with E-state index in [1.165, 1.54) is 19.3 Å². The van der Waals surface area contributed by atoms with Crippen molar-refractivity contribution in [2.24, 2.45) is 0 Å². The highest BCUT2D eigenvalue weighted by Crippen LogP contribution is 2.47. The minimum absolute atomic E-state index is 0.399. The molecule has 6 nitrogen and oxygen atoms in total. The van der Waals surface area contributed by atoms with Crippen molar-refractivity contribution in [3.63, 3.8) is 0 Å². The molecule has 38 heavy (non-hydrogen) atoms. The van der Waals surface area contributed by atoms with Crippen molar-refractivity contribution in [1.82, 2.24) is 0 Å². The van der Waals surface area contributed by atoms with Crippen LogP contribution in [-0.4, -0.2) is 43.2 Å². The number of hydrogen-bond acceptors (Lipinski definition) is 6. The zero-order valence-electron chi connectivity index (χ0n) is 24.6. The summed E-state index contributed by atoms with van der Waals surface area (Å²) >= 11 is 0. The molecule has 3 aliphatic rings. The molecule has 2 saturated heterocycles. The first kappa shape index (κ1) is 27.6. The summed E-state index contributed by atoms with van der Waals surface area (Å²) in [7, 11) is -0.881. The van der Waals surface area contributed by atoms with Crippen LogP contribution >= 0.6 is 0 Å². The van der Waals surface area contributed by atoms with Gasteiger partial charge in [0.1, 0.15) is 0 Å². The van der Waals surface area contributed by atoms with Gasteiger partial charge in [0, 0.05) is 6.54 Å². The predicted molar refractivity (Wildman–Crippen MR) is 156 cm³/mol. The third kappa shape index (κ3) is 4.78. The van der Waals surface area contributed by atoms with E-state index in [1.807, 2.05) is 0 Å². The maximum Gasteiger partial charge on any atom is 0.494 e. The molecule has 2 aromatic rings. The van der Waals surface area contributed by atoms with Crippen molar-refractivity contribution in [3.8, 4) is 11.5 Å². The summed E-state index contributed by atoms with van der Waals surface area (Å²) in [4.78, 5) is 2.38. The SMILES string of the molecule is CCCCCCN1c2ccc(B3OC(C)(C)C(C)(C)O3)cc2Oc2cc(B3OC(C)(C)C(C)(C)O3)ccc21. The molecule has 8 heteroatoms.